The van der Waals surface area contributed by atoms with E-state index in [-0.39, 0.29) is 0 Å². The minimum Gasteiger partial charge on any atom is -0.203 e. The maximum atomic E-state index is 14.6. The third-order valence-electron chi connectivity index (χ3n) is 9.00. The summed E-state index contributed by atoms with van der Waals surface area (Å²) in [7, 11) is 0. The van der Waals surface area contributed by atoms with Crippen molar-refractivity contribution in [2.75, 3.05) is 0 Å². The molecule has 0 N–H and O–H groups in total. The Bertz CT molecular complexity index is 1040. The van der Waals surface area contributed by atoms with Gasteiger partial charge in [0.1, 0.15) is 0 Å². The zero-order chi connectivity index (χ0) is 26.7. The van der Waals surface area contributed by atoms with Crippen LogP contribution in [0.2, 0.25) is 0 Å². The summed E-state index contributed by atoms with van der Waals surface area (Å²) in [6.07, 6.45) is 25.4. The molecule has 0 radical (unpaired) electrons. The van der Waals surface area contributed by atoms with Crippen LogP contribution in [0.5, 0.6) is 0 Å². The van der Waals surface area contributed by atoms with Crippen molar-refractivity contribution in [2.24, 2.45) is 17.8 Å². The van der Waals surface area contributed by atoms with Crippen molar-refractivity contribution in [1.82, 2.24) is 0 Å². The Labute approximate surface area is 230 Å². The summed E-state index contributed by atoms with van der Waals surface area (Å²) >= 11 is 0. The number of hydrogen-bond donors (Lipinski definition) is 0. The van der Waals surface area contributed by atoms with Crippen LogP contribution >= 0.6 is 0 Å². The van der Waals surface area contributed by atoms with Crippen molar-refractivity contribution in [2.45, 2.75) is 110 Å². The monoisotopic (exact) mass is 518 g/mol. The molecule has 1 saturated carbocycles. The van der Waals surface area contributed by atoms with Crippen LogP contribution in [0.1, 0.15) is 113 Å². The minimum atomic E-state index is -0.657. The second kappa shape index (κ2) is 14.8. The standard InChI is InChI=1S/C36H48F2/c1-3-5-6-8-33-25-26-34(36(38)35(33)37)24-19-30-17-22-32(23-18-30)31-20-15-29(16-21-31)14-13-28-11-9-27(7-4-2)10-12-28/h13-15,17-18,20,22-23,25-29,31H,3-12,16,19,21,24H2,1-2H3. The van der Waals surface area contributed by atoms with Crippen LogP contribution in [-0.4, -0.2) is 0 Å². The second-order valence-electron chi connectivity index (χ2n) is 11.9. The normalized spacial score (nSPS) is 23.8. The number of aryl methyl sites for hydroxylation is 3. The zero-order valence-electron chi connectivity index (χ0n) is 23.7. The van der Waals surface area contributed by atoms with Gasteiger partial charge in [0.25, 0.3) is 0 Å². The van der Waals surface area contributed by atoms with Gasteiger partial charge >= 0.3 is 0 Å². The molecule has 1 fully saturated rings. The van der Waals surface area contributed by atoms with Crippen molar-refractivity contribution >= 4 is 0 Å². The lowest BCUT2D eigenvalue weighted by atomic mass is 9.79. The molecule has 0 bridgehead atoms. The van der Waals surface area contributed by atoms with E-state index in [2.05, 4.69) is 62.4 Å². The van der Waals surface area contributed by atoms with Gasteiger partial charge in [-0.3, -0.25) is 0 Å². The van der Waals surface area contributed by atoms with E-state index in [1.165, 1.54) is 62.5 Å². The first-order valence-electron chi connectivity index (χ1n) is 15.5. The number of rotatable bonds is 12. The van der Waals surface area contributed by atoms with E-state index >= 15 is 0 Å². The molecule has 38 heavy (non-hydrogen) atoms. The summed E-state index contributed by atoms with van der Waals surface area (Å²) in [5.74, 6) is 1.51. The molecule has 2 atom stereocenters. The van der Waals surface area contributed by atoms with Crippen molar-refractivity contribution in [3.05, 3.63) is 94.6 Å². The smallest absolute Gasteiger partial charge is 0.162 e. The molecule has 2 aromatic carbocycles. The molecule has 0 nitrogen and oxygen atoms in total. The predicted octanol–water partition coefficient (Wildman–Crippen LogP) is 10.7. The summed E-state index contributed by atoms with van der Waals surface area (Å²) < 4.78 is 29.1. The molecular formula is C36H48F2. The molecule has 2 heteroatoms. The average molecular weight is 519 g/mol. The Balaban J connectivity index is 1.24. The molecule has 2 aliphatic rings. The fourth-order valence-corrected chi connectivity index (χ4v) is 6.45. The first-order chi connectivity index (χ1) is 18.6. The largest absolute Gasteiger partial charge is 0.203 e. The zero-order valence-corrected chi connectivity index (χ0v) is 23.7. The van der Waals surface area contributed by atoms with Crippen LogP contribution in [0.3, 0.4) is 0 Å². The molecule has 0 aliphatic heterocycles. The maximum absolute atomic E-state index is 14.6. The quantitative estimate of drug-likeness (QED) is 0.194. The highest BCUT2D eigenvalue weighted by Gasteiger charge is 2.20. The van der Waals surface area contributed by atoms with Crippen LogP contribution in [0.4, 0.5) is 8.78 Å². The molecule has 4 rings (SSSR count). The summed E-state index contributed by atoms with van der Waals surface area (Å²) in [5.41, 5.74) is 3.52. The summed E-state index contributed by atoms with van der Waals surface area (Å²) in [4.78, 5) is 0. The van der Waals surface area contributed by atoms with E-state index in [0.717, 1.165) is 37.5 Å². The third kappa shape index (κ3) is 8.14. The number of hydrogen-bond acceptors (Lipinski definition) is 0. The molecule has 2 aliphatic carbocycles. The van der Waals surface area contributed by atoms with Gasteiger partial charge < -0.3 is 0 Å². The van der Waals surface area contributed by atoms with E-state index in [0.29, 0.717) is 35.8 Å². The second-order valence-corrected chi connectivity index (χ2v) is 11.9. The highest BCUT2D eigenvalue weighted by molar-refractivity contribution is 5.31. The van der Waals surface area contributed by atoms with Crippen LogP contribution in [-0.2, 0) is 19.3 Å². The molecule has 2 aromatic rings. The molecule has 206 valence electrons. The van der Waals surface area contributed by atoms with Gasteiger partial charge in [-0.25, -0.2) is 8.78 Å². The number of halogens is 2. The summed E-state index contributed by atoms with van der Waals surface area (Å²) in [5, 5.41) is 0. The fourth-order valence-electron chi connectivity index (χ4n) is 6.45. The van der Waals surface area contributed by atoms with Gasteiger partial charge in [0.2, 0.25) is 0 Å². The van der Waals surface area contributed by atoms with Gasteiger partial charge in [-0.2, -0.15) is 0 Å². The van der Waals surface area contributed by atoms with Gasteiger partial charge in [0.15, 0.2) is 11.6 Å². The predicted molar refractivity (Wildman–Crippen MR) is 158 cm³/mol. The lowest BCUT2D eigenvalue weighted by molar-refractivity contribution is 0.293. The van der Waals surface area contributed by atoms with Crippen molar-refractivity contribution in [1.29, 1.82) is 0 Å². The Morgan fingerprint density at radius 1 is 0.684 bits per heavy atom. The minimum absolute atomic E-state index is 0.477. The molecule has 0 spiro atoms. The van der Waals surface area contributed by atoms with Crippen molar-refractivity contribution in [3.63, 3.8) is 0 Å². The molecule has 0 saturated heterocycles. The van der Waals surface area contributed by atoms with E-state index < -0.39 is 11.6 Å². The molecular weight excluding hydrogens is 470 g/mol. The Hall–Kier alpha value is -2.22. The van der Waals surface area contributed by atoms with Crippen molar-refractivity contribution < 1.29 is 8.78 Å². The molecule has 0 heterocycles. The first-order valence-corrected chi connectivity index (χ1v) is 15.5. The highest BCUT2D eigenvalue weighted by atomic mass is 19.2. The Morgan fingerprint density at radius 3 is 2.03 bits per heavy atom. The van der Waals surface area contributed by atoms with Gasteiger partial charge in [-0.1, -0.05) is 100 Å². The average Bonchev–Trinajstić information content (AvgIpc) is 2.95. The van der Waals surface area contributed by atoms with Gasteiger partial charge in [-0.15, -0.1) is 0 Å². The SMILES string of the molecule is CCCCCc1ccc(CCc2ccc(C3C=CC(C=CC4CCC(CCC)CC4)CC3)cc2)c(F)c1F. The summed E-state index contributed by atoms with van der Waals surface area (Å²) in [6, 6.07) is 12.3. The number of benzene rings is 2. The van der Waals surface area contributed by atoms with E-state index in [9.17, 15) is 8.78 Å². The van der Waals surface area contributed by atoms with E-state index in [1.54, 1.807) is 12.1 Å². The first kappa shape index (κ1) is 28.8. The van der Waals surface area contributed by atoms with Gasteiger partial charge in [0.05, 0.1) is 0 Å². The van der Waals surface area contributed by atoms with Gasteiger partial charge in [0, 0.05) is 5.92 Å². The topological polar surface area (TPSA) is 0 Å². The van der Waals surface area contributed by atoms with Gasteiger partial charge in [-0.05, 0) is 104 Å². The lowest BCUT2D eigenvalue weighted by Gasteiger charge is -2.27. The van der Waals surface area contributed by atoms with E-state index in [1.807, 2.05) is 0 Å². The lowest BCUT2D eigenvalue weighted by Crippen LogP contribution is -2.13. The van der Waals surface area contributed by atoms with Crippen LogP contribution in [0, 0.1) is 29.4 Å². The highest BCUT2D eigenvalue weighted by Crippen LogP contribution is 2.34. The Kier molecular flexibility index (Phi) is 11.2. The molecule has 0 aromatic heterocycles. The van der Waals surface area contributed by atoms with Crippen LogP contribution in [0.25, 0.3) is 0 Å². The van der Waals surface area contributed by atoms with Crippen LogP contribution in [0.15, 0.2) is 60.7 Å². The van der Waals surface area contributed by atoms with Crippen LogP contribution < -0.4 is 0 Å². The van der Waals surface area contributed by atoms with E-state index in [4.69, 9.17) is 0 Å². The summed E-state index contributed by atoms with van der Waals surface area (Å²) in [6.45, 7) is 4.43. The molecule has 0 amide bonds. The van der Waals surface area contributed by atoms with Crippen molar-refractivity contribution in [3.8, 4) is 0 Å². The maximum Gasteiger partial charge on any atom is 0.162 e. The number of allylic oxidation sites excluding steroid dienone is 4. The Morgan fingerprint density at radius 2 is 1.39 bits per heavy atom. The number of unbranched alkanes of at least 4 members (excludes halogenated alkanes) is 2. The third-order valence-corrected chi connectivity index (χ3v) is 9.00. The molecule has 2 unspecified atom stereocenters. The fraction of sp³-hybridized carbons (Fsp3) is 0.556.